The van der Waals surface area contributed by atoms with Crippen molar-refractivity contribution in [1.82, 2.24) is 14.4 Å². The maximum atomic E-state index is 5.43. The van der Waals surface area contributed by atoms with E-state index in [1.807, 2.05) is 25.3 Å². The van der Waals surface area contributed by atoms with Gasteiger partial charge in [-0.3, -0.25) is 4.40 Å². The average molecular weight is 268 g/mol. The minimum atomic E-state index is 0.758. The van der Waals surface area contributed by atoms with Crippen LogP contribution in [0.2, 0.25) is 0 Å². The van der Waals surface area contributed by atoms with Gasteiger partial charge >= 0.3 is 0 Å². The molecule has 0 aliphatic carbocycles. The molecule has 0 bridgehead atoms. The van der Waals surface area contributed by atoms with Crippen molar-refractivity contribution in [2.75, 3.05) is 31.2 Å². The zero-order valence-electron chi connectivity index (χ0n) is 11.4. The first-order chi connectivity index (χ1) is 9.84. The quantitative estimate of drug-likeness (QED) is 0.677. The van der Waals surface area contributed by atoms with Crippen molar-refractivity contribution >= 4 is 22.4 Å². The van der Waals surface area contributed by atoms with E-state index in [0.29, 0.717) is 0 Å². The van der Waals surface area contributed by atoms with Gasteiger partial charge in [-0.25, -0.2) is 9.97 Å². The van der Waals surface area contributed by atoms with Crippen molar-refractivity contribution < 1.29 is 4.74 Å². The summed E-state index contributed by atoms with van der Waals surface area (Å²) in [6, 6.07) is 8.21. The molecule has 1 aliphatic rings. The van der Waals surface area contributed by atoms with Crippen LogP contribution in [0.3, 0.4) is 0 Å². The molecule has 0 atom stereocenters. The van der Waals surface area contributed by atoms with Crippen LogP contribution < -0.4 is 4.90 Å². The van der Waals surface area contributed by atoms with Gasteiger partial charge in [0.25, 0.3) is 0 Å². The fourth-order valence-corrected chi connectivity index (χ4v) is 2.83. The first kappa shape index (κ1) is 11.7. The lowest BCUT2D eigenvalue weighted by molar-refractivity contribution is 0.122. The van der Waals surface area contributed by atoms with E-state index in [1.165, 1.54) is 0 Å². The number of aryl methyl sites for hydroxylation is 1. The van der Waals surface area contributed by atoms with Crippen molar-refractivity contribution in [2.24, 2.45) is 0 Å². The van der Waals surface area contributed by atoms with Crippen LogP contribution in [0.15, 0.2) is 30.5 Å². The van der Waals surface area contributed by atoms with Gasteiger partial charge in [-0.1, -0.05) is 12.1 Å². The summed E-state index contributed by atoms with van der Waals surface area (Å²) in [4.78, 5) is 11.6. The molecule has 0 amide bonds. The van der Waals surface area contributed by atoms with Gasteiger partial charge in [0.05, 0.1) is 30.4 Å². The van der Waals surface area contributed by atoms with Gasteiger partial charge in [0.15, 0.2) is 5.82 Å². The van der Waals surface area contributed by atoms with Crippen LogP contribution in [-0.4, -0.2) is 40.7 Å². The second kappa shape index (κ2) is 4.45. The maximum absolute atomic E-state index is 5.43. The number of rotatable bonds is 1. The molecule has 1 aromatic carbocycles. The lowest BCUT2D eigenvalue weighted by atomic mass is 10.2. The number of imidazole rings is 1. The number of aromatic nitrogens is 3. The first-order valence-electron chi connectivity index (χ1n) is 6.90. The van der Waals surface area contributed by atoms with Crippen molar-refractivity contribution in [3.8, 4) is 0 Å². The summed E-state index contributed by atoms with van der Waals surface area (Å²) < 4.78 is 7.62. The van der Waals surface area contributed by atoms with Crippen LogP contribution in [0.4, 0.5) is 5.82 Å². The Morgan fingerprint density at radius 1 is 1.10 bits per heavy atom. The summed E-state index contributed by atoms with van der Waals surface area (Å²) in [6.45, 7) is 5.31. The first-order valence-corrected chi connectivity index (χ1v) is 6.90. The molecule has 20 heavy (non-hydrogen) atoms. The molecule has 0 spiro atoms. The highest BCUT2D eigenvalue weighted by molar-refractivity contribution is 5.84. The lowest BCUT2D eigenvalue weighted by Crippen LogP contribution is -2.37. The number of hydrogen-bond donors (Lipinski definition) is 0. The zero-order valence-corrected chi connectivity index (χ0v) is 11.4. The molecular weight excluding hydrogens is 252 g/mol. The Morgan fingerprint density at radius 2 is 1.90 bits per heavy atom. The third-order valence-electron chi connectivity index (χ3n) is 3.83. The number of benzene rings is 1. The van der Waals surface area contributed by atoms with Crippen molar-refractivity contribution in [1.29, 1.82) is 0 Å². The van der Waals surface area contributed by atoms with Gasteiger partial charge in [0, 0.05) is 13.1 Å². The van der Waals surface area contributed by atoms with Gasteiger partial charge in [-0.05, 0) is 19.1 Å². The molecule has 1 fully saturated rings. The Bertz CT molecular complexity index is 774. The van der Waals surface area contributed by atoms with Crippen LogP contribution in [0.5, 0.6) is 0 Å². The second-order valence-electron chi connectivity index (χ2n) is 5.05. The van der Waals surface area contributed by atoms with E-state index >= 15 is 0 Å². The number of morpholine rings is 1. The highest BCUT2D eigenvalue weighted by Gasteiger charge is 2.18. The number of nitrogens with zero attached hydrogens (tertiary/aromatic N) is 4. The largest absolute Gasteiger partial charge is 0.378 e. The van der Waals surface area contributed by atoms with Gasteiger partial charge in [-0.2, -0.15) is 0 Å². The average Bonchev–Trinajstić information content (AvgIpc) is 2.90. The molecule has 2 aromatic heterocycles. The number of anilines is 1. The number of fused-ring (bicyclic) bond motifs is 3. The second-order valence-corrected chi connectivity index (χ2v) is 5.05. The van der Waals surface area contributed by atoms with E-state index < -0.39 is 0 Å². The SMILES string of the molecule is Cc1ncc2c(N3CCOCC3)nc3ccccc3n12. The van der Waals surface area contributed by atoms with E-state index in [0.717, 1.165) is 54.5 Å². The Balaban J connectivity index is 2.03. The Labute approximate surface area is 116 Å². The number of para-hydroxylation sites is 2. The van der Waals surface area contributed by atoms with Gasteiger partial charge in [0.1, 0.15) is 11.3 Å². The highest BCUT2D eigenvalue weighted by atomic mass is 16.5. The van der Waals surface area contributed by atoms with Crippen LogP contribution in [0.1, 0.15) is 5.82 Å². The molecule has 5 heteroatoms. The molecular formula is C15H16N4O. The summed E-state index contributed by atoms with van der Waals surface area (Å²) >= 11 is 0. The molecule has 3 aromatic rings. The van der Waals surface area contributed by atoms with Gasteiger partial charge in [0.2, 0.25) is 0 Å². The molecule has 1 saturated heterocycles. The summed E-state index contributed by atoms with van der Waals surface area (Å²) in [5.41, 5.74) is 3.18. The maximum Gasteiger partial charge on any atom is 0.155 e. The Kier molecular flexibility index (Phi) is 2.60. The molecule has 5 nitrogen and oxygen atoms in total. The highest BCUT2D eigenvalue weighted by Crippen LogP contribution is 2.26. The topological polar surface area (TPSA) is 42.7 Å². The predicted molar refractivity (Wildman–Crippen MR) is 78.3 cm³/mol. The van der Waals surface area contributed by atoms with E-state index in [1.54, 1.807) is 0 Å². The molecule has 0 saturated carbocycles. The van der Waals surface area contributed by atoms with E-state index in [9.17, 15) is 0 Å². The monoisotopic (exact) mass is 268 g/mol. The fraction of sp³-hybridized carbons (Fsp3) is 0.333. The molecule has 1 aliphatic heterocycles. The third kappa shape index (κ3) is 1.67. The zero-order chi connectivity index (χ0) is 13.5. The molecule has 4 rings (SSSR count). The molecule has 0 radical (unpaired) electrons. The molecule has 0 N–H and O–H groups in total. The summed E-state index contributed by atoms with van der Waals surface area (Å²) in [5, 5.41) is 0. The minimum absolute atomic E-state index is 0.758. The molecule has 102 valence electrons. The van der Waals surface area contributed by atoms with E-state index in [4.69, 9.17) is 9.72 Å². The van der Waals surface area contributed by atoms with Crippen LogP contribution in [0, 0.1) is 6.92 Å². The van der Waals surface area contributed by atoms with Gasteiger partial charge < -0.3 is 9.64 Å². The van der Waals surface area contributed by atoms with E-state index in [2.05, 4.69) is 26.4 Å². The summed E-state index contributed by atoms with van der Waals surface area (Å²) in [7, 11) is 0. The normalized spacial score (nSPS) is 16.1. The van der Waals surface area contributed by atoms with Crippen molar-refractivity contribution in [3.63, 3.8) is 0 Å². The fourth-order valence-electron chi connectivity index (χ4n) is 2.83. The van der Waals surface area contributed by atoms with Crippen LogP contribution in [0.25, 0.3) is 16.6 Å². The van der Waals surface area contributed by atoms with Crippen LogP contribution in [-0.2, 0) is 4.74 Å². The smallest absolute Gasteiger partial charge is 0.155 e. The lowest BCUT2D eigenvalue weighted by Gasteiger charge is -2.28. The van der Waals surface area contributed by atoms with Crippen LogP contribution >= 0.6 is 0 Å². The minimum Gasteiger partial charge on any atom is -0.378 e. The molecule has 3 heterocycles. The van der Waals surface area contributed by atoms with Crippen molar-refractivity contribution in [3.05, 3.63) is 36.3 Å². The summed E-state index contributed by atoms with van der Waals surface area (Å²) in [5.74, 6) is 2.00. The molecule has 0 unspecified atom stereocenters. The number of ether oxygens (including phenoxy) is 1. The van der Waals surface area contributed by atoms with E-state index in [-0.39, 0.29) is 0 Å². The number of hydrogen-bond acceptors (Lipinski definition) is 4. The standard InChI is InChI=1S/C15H16N4O/c1-11-16-10-14-15(18-6-8-20-9-7-18)17-12-4-2-3-5-13(12)19(11)14/h2-5,10H,6-9H2,1H3. The Morgan fingerprint density at radius 3 is 2.75 bits per heavy atom. The van der Waals surface area contributed by atoms with Gasteiger partial charge in [-0.15, -0.1) is 0 Å². The van der Waals surface area contributed by atoms with Crippen molar-refractivity contribution in [2.45, 2.75) is 6.92 Å². The Hall–Kier alpha value is -2.14. The third-order valence-corrected chi connectivity index (χ3v) is 3.83. The predicted octanol–water partition coefficient (Wildman–Crippen LogP) is 2.03. The summed E-state index contributed by atoms with van der Waals surface area (Å²) in [6.07, 6.45) is 1.92.